The quantitative estimate of drug-likeness (QED) is 0.782. The van der Waals surface area contributed by atoms with Crippen molar-refractivity contribution in [2.24, 2.45) is 5.92 Å². The second kappa shape index (κ2) is 9.91. The number of nitrogens with zero attached hydrogens (tertiary/aromatic N) is 1. The zero-order valence-corrected chi connectivity index (χ0v) is 16.5. The van der Waals surface area contributed by atoms with Crippen molar-refractivity contribution < 1.29 is 18.7 Å². The van der Waals surface area contributed by atoms with Crippen LogP contribution in [-0.2, 0) is 11.2 Å². The maximum atomic E-state index is 12.9. The number of ether oxygens (including phenoxy) is 1. The summed E-state index contributed by atoms with van der Waals surface area (Å²) in [7, 11) is 1.60. The Hall–Kier alpha value is -3.09. The average molecular weight is 399 g/mol. The number of nitrogens with one attached hydrogen (secondary N) is 2. The Morgan fingerprint density at radius 1 is 1.14 bits per heavy atom. The first-order chi connectivity index (χ1) is 14.0. The van der Waals surface area contributed by atoms with Crippen LogP contribution in [0, 0.1) is 11.7 Å². The molecular weight excluding hydrogens is 373 g/mol. The number of carbonyl (C=O) groups is 2. The fourth-order valence-corrected chi connectivity index (χ4v) is 3.36. The van der Waals surface area contributed by atoms with Crippen molar-refractivity contribution >= 4 is 17.6 Å². The van der Waals surface area contributed by atoms with Gasteiger partial charge in [-0.05, 0) is 60.7 Å². The number of hydrogen-bond donors (Lipinski definition) is 2. The van der Waals surface area contributed by atoms with Crippen molar-refractivity contribution in [2.75, 3.05) is 32.1 Å². The molecule has 0 radical (unpaired) electrons. The summed E-state index contributed by atoms with van der Waals surface area (Å²) in [4.78, 5) is 26.3. The Balaban J connectivity index is 1.38. The molecule has 6 nitrogen and oxygen atoms in total. The summed E-state index contributed by atoms with van der Waals surface area (Å²) >= 11 is 0. The zero-order valence-electron chi connectivity index (χ0n) is 16.5. The molecule has 1 aliphatic rings. The predicted octanol–water partition coefficient (Wildman–Crippen LogP) is 3.44. The first-order valence-electron chi connectivity index (χ1n) is 9.74. The molecule has 7 heteroatoms. The molecule has 2 aromatic carbocycles. The molecule has 0 saturated carbocycles. The number of urea groups is 1. The second-order valence-electron chi connectivity index (χ2n) is 7.20. The highest BCUT2D eigenvalue weighted by Gasteiger charge is 2.23. The van der Waals surface area contributed by atoms with Crippen LogP contribution >= 0.6 is 0 Å². The van der Waals surface area contributed by atoms with Gasteiger partial charge < -0.3 is 20.3 Å². The van der Waals surface area contributed by atoms with Crippen LogP contribution in [0.1, 0.15) is 18.4 Å². The molecule has 1 heterocycles. The highest BCUT2D eigenvalue weighted by molar-refractivity contribution is 5.89. The third-order valence-electron chi connectivity index (χ3n) is 5.08. The molecule has 154 valence electrons. The van der Waals surface area contributed by atoms with Crippen LogP contribution in [0.3, 0.4) is 0 Å². The van der Waals surface area contributed by atoms with Crippen molar-refractivity contribution in [1.82, 2.24) is 10.2 Å². The Morgan fingerprint density at radius 2 is 1.86 bits per heavy atom. The van der Waals surface area contributed by atoms with E-state index in [9.17, 15) is 14.0 Å². The van der Waals surface area contributed by atoms with Gasteiger partial charge >= 0.3 is 6.03 Å². The fraction of sp³-hybridized carbons (Fsp3) is 0.364. The number of likely N-dealkylation sites (tertiary alicyclic amines) is 1. The lowest BCUT2D eigenvalue weighted by Gasteiger charge is -2.32. The highest BCUT2D eigenvalue weighted by Crippen LogP contribution is 2.18. The van der Waals surface area contributed by atoms with E-state index in [0.717, 1.165) is 24.2 Å². The van der Waals surface area contributed by atoms with E-state index < -0.39 is 0 Å². The van der Waals surface area contributed by atoms with E-state index in [4.69, 9.17) is 4.74 Å². The van der Waals surface area contributed by atoms with Crippen LogP contribution in [0.4, 0.5) is 14.9 Å². The number of piperidine rings is 1. The first-order valence-corrected chi connectivity index (χ1v) is 9.74. The van der Waals surface area contributed by atoms with Crippen molar-refractivity contribution in [3.8, 4) is 5.75 Å². The average Bonchev–Trinajstić information content (AvgIpc) is 2.74. The number of methoxy groups -OCH3 is 1. The van der Waals surface area contributed by atoms with Gasteiger partial charge in [-0.3, -0.25) is 4.79 Å². The maximum absolute atomic E-state index is 12.9. The SMILES string of the molecule is COc1cccc(CC(=O)NCC2CCN(C(=O)Nc3ccc(F)cc3)CC2)c1. The van der Waals surface area contributed by atoms with Crippen molar-refractivity contribution in [3.63, 3.8) is 0 Å². The molecule has 2 N–H and O–H groups in total. The van der Waals surface area contributed by atoms with E-state index in [1.54, 1.807) is 12.0 Å². The molecule has 1 saturated heterocycles. The molecule has 2 aromatic rings. The van der Waals surface area contributed by atoms with Gasteiger partial charge in [-0.1, -0.05) is 12.1 Å². The fourth-order valence-electron chi connectivity index (χ4n) is 3.36. The molecule has 0 unspecified atom stereocenters. The van der Waals surface area contributed by atoms with Crippen LogP contribution in [0.25, 0.3) is 0 Å². The molecule has 29 heavy (non-hydrogen) atoms. The van der Waals surface area contributed by atoms with E-state index >= 15 is 0 Å². The Labute approximate surface area is 170 Å². The molecule has 0 spiro atoms. The van der Waals surface area contributed by atoms with E-state index in [1.807, 2.05) is 24.3 Å². The Kier molecular flexibility index (Phi) is 7.05. The molecule has 3 rings (SSSR count). The van der Waals surface area contributed by atoms with Gasteiger partial charge in [0.1, 0.15) is 11.6 Å². The van der Waals surface area contributed by atoms with Gasteiger partial charge in [0.05, 0.1) is 13.5 Å². The summed E-state index contributed by atoms with van der Waals surface area (Å²) < 4.78 is 18.1. The van der Waals surface area contributed by atoms with E-state index in [2.05, 4.69) is 10.6 Å². The lowest BCUT2D eigenvalue weighted by Crippen LogP contribution is -2.43. The molecule has 1 fully saturated rings. The number of hydrogen-bond acceptors (Lipinski definition) is 3. The molecule has 0 bridgehead atoms. The van der Waals surface area contributed by atoms with Gasteiger partial charge in [0, 0.05) is 25.3 Å². The van der Waals surface area contributed by atoms with Gasteiger partial charge in [-0.15, -0.1) is 0 Å². The molecule has 1 aliphatic heterocycles. The molecule has 0 atom stereocenters. The van der Waals surface area contributed by atoms with Crippen molar-refractivity contribution in [1.29, 1.82) is 0 Å². The van der Waals surface area contributed by atoms with Crippen molar-refractivity contribution in [2.45, 2.75) is 19.3 Å². The monoisotopic (exact) mass is 399 g/mol. The standard InChI is InChI=1S/C22H26FN3O3/c1-29-20-4-2-3-17(13-20)14-21(27)24-15-16-9-11-26(12-10-16)22(28)25-19-7-5-18(23)6-8-19/h2-8,13,16H,9-12,14-15H2,1H3,(H,24,27)(H,25,28). The van der Waals surface area contributed by atoms with Gasteiger partial charge in [-0.2, -0.15) is 0 Å². The summed E-state index contributed by atoms with van der Waals surface area (Å²) in [6, 6.07) is 13.0. The minimum Gasteiger partial charge on any atom is -0.497 e. The smallest absolute Gasteiger partial charge is 0.321 e. The summed E-state index contributed by atoms with van der Waals surface area (Å²) in [5.74, 6) is 0.729. The first kappa shape index (κ1) is 20.6. The highest BCUT2D eigenvalue weighted by atomic mass is 19.1. The topological polar surface area (TPSA) is 70.7 Å². The van der Waals surface area contributed by atoms with Crippen molar-refractivity contribution in [3.05, 3.63) is 59.9 Å². The van der Waals surface area contributed by atoms with Gasteiger partial charge in [0.15, 0.2) is 0 Å². The lowest BCUT2D eigenvalue weighted by atomic mass is 9.97. The normalized spacial score (nSPS) is 14.3. The number of rotatable bonds is 6. The Bertz CT molecular complexity index is 833. The van der Waals surface area contributed by atoms with E-state index in [1.165, 1.54) is 24.3 Å². The van der Waals surface area contributed by atoms with Gasteiger partial charge in [0.25, 0.3) is 0 Å². The van der Waals surface area contributed by atoms with E-state index in [0.29, 0.717) is 37.7 Å². The summed E-state index contributed by atoms with van der Waals surface area (Å²) in [5.41, 5.74) is 1.48. The van der Waals surface area contributed by atoms with Crippen LogP contribution in [0.2, 0.25) is 0 Å². The maximum Gasteiger partial charge on any atom is 0.321 e. The van der Waals surface area contributed by atoms with E-state index in [-0.39, 0.29) is 17.8 Å². The molecule has 3 amide bonds. The molecule has 0 aromatic heterocycles. The number of benzene rings is 2. The summed E-state index contributed by atoms with van der Waals surface area (Å²) in [6.45, 7) is 1.86. The minimum atomic E-state index is -0.336. The molecular formula is C22H26FN3O3. The predicted molar refractivity (Wildman–Crippen MR) is 109 cm³/mol. The van der Waals surface area contributed by atoms with Gasteiger partial charge in [0.2, 0.25) is 5.91 Å². The summed E-state index contributed by atoms with van der Waals surface area (Å²) in [6.07, 6.45) is 1.97. The van der Waals surface area contributed by atoms with Crippen LogP contribution < -0.4 is 15.4 Å². The third kappa shape index (κ3) is 6.20. The summed E-state index contributed by atoms with van der Waals surface area (Å²) in [5, 5.41) is 5.77. The largest absolute Gasteiger partial charge is 0.497 e. The molecule has 0 aliphatic carbocycles. The number of amides is 3. The number of anilines is 1. The Morgan fingerprint density at radius 3 is 2.55 bits per heavy atom. The number of carbonyl (C=O) groups excluding carboxylic acids is 2. The second-order valence-corrected chi connectivity index (χ2v) is 7.20. The van der Waals surface area contributed by atoms with Gasteiger partial charge in [-0.25, -0.2) is 9.18 Å². The zero-order chi connectivity index (χ0) is 20.6. The minimum absolute atomic E-state index is 0.0188. The lowest BCUT2D eigenvalue weighted by molar-refractivity contribution is -0.120. The van der Waals surface area contributed by atoms with Crippen LogP contribution in [-0.4, -0.2) is 43.6 Å². The third-order valence-corrected chi connectivity index (χ3v) is 5.08. The van der Waals surface area contributed by atoms with Crippen LogP contribution in [0.15, 0.2) is 48.5 Å². The number of halogens is 1. The van der Waals surface area contributed by atoms with Crippen LogP contribution in [0.5, 0.6) is 5.75 Å².